The number of urea groups is 1. The molecule has 22 heavy (non-hydrogen) atoms. The van der Waals surface area contributed by atoms with Crippen LogP contribution in [0.2, 0.25) is 0 Å². The molecule has 2 aromatic heterocycles. The molecule has 7 heteroatoms. The normalized spacial score (nSPS) is 17.0. The summed E-state index contributed by atoms with van der Waals surface area (Å²) in [6, 6.07) is 3.18. The maximum Gasteiger partial charge on any atom is 0.320 e. The van der Waals surface area contributed by atoms with E-state index in [0.29, 0.717) is 23.5 Å². The maximum atomic E-state index is 11.5. The van der Waals surface area contributed by atoms with E-state index < -0.39 is 0 Å². The highest BCUT2D eigenvalue weighted by Gasteiger charge is 2.20. The molecule has 3 heterocycles. The van der Waals surface area contributed by atoms with Crippen LogP contribution in [0.5, 0.6) is 0 Å². The average Bonchev–Trinajstić information content (AvgIpc) is 2.93. The molecule has 1 atom stereocenters. The third kappa shape index (κ3) is 2.98. The van der Waals surface area contributed by atoms with Crippen LogP contribution < -0.4 is 10.6 Å². The number of anilines is 1. The zero-order chi connectivity index (χ0) is 15.5. The molecule has 0 fully saturated rings. The van der Waals surface area contributed by atoms with E-state index in [9.17, 15) is 4.79 Å². The van der Waals surface area contributed by atoms with Crippen molar-refractivity contribution in [2.45, 2.75) is 26.4 Å². The van der Waals surface area contributed by atoms with Crippen molar-refractivity contribution in [3.8, 4) is 0 Å². The minimum absolute atomic E-state index is 0.112. The van der Waals surface area contributed by atoms with E-state index in [1.165, 1.54) is 0 Å². The highest BCUT2D eigenvalue weighted by Crippen LogP contribution is 2.29. The number of ether oxygens (including phenoxy) is 1. The van der Waals surface area contributed by atoms with Crippen LogP contribution in [0.3, 0.4) is 0 Å². The Morgan fingerprint density at radius 3 is 3.00 bits per heavy atom. The molecule has 2 N–H and O–H groups in total. The Labute approximate surface area is 127 Å². The van der Waals surface area contributed by atoms with Crippen molar-refractivity contribution in [2.24, 2.45) is 0 Å². The molecule has 0 aliphatic carbocycles. The van der Waals surface area contributed by atoms with Crippen LogP contribution in [0.15, 0.2) is 30.2 Å². The van der Waals surface area contributed by atoms with Gasteiger partial charge >= 0.3 is 6.03 Å². The molecule has 1 aliphatic heterocycles. The summed E-state index contributed by atoms with van der Waals surface area (Å²) < 4.78 is 5.67. The minimum Gasteiger partial charge on any atom is -0.489 e. The summed E-state index contributed by atoms with van der Waals surface area (Å²) in [6.07, 6.45) is 4.40. The van der Waals surface area contributed by atoms with Gasteiger partial charge in [0.15, 0.2) is 5.65 Å². The summed E-state index contributed by atoms with van der Waals surface area (Å²) >= 11 is 0. The molecule has 7 nitrogen and oxygen atoms in total. The first-order chi connectivity index (χ1) is 10.7. The lowest BCUT2D eigenvalue weighted by atomic mass is 10.2. The number of hydrogen-bond donors (Lipinski definition) is 2. The number of carbonyl (C=O) groups is 1. The predicted octanol–water partition coefficient (Wildman–Crippen LogP) is 2.53. The Morgan fingerprint density at radius 1 is 1.41 bits per heavy atom. The molecule has 114 valence electrons. The SMILES string of the molecule is CCNC(=O)Nc1ccc2ncc(C3CC=C(C)O3)nc2n1. The summed E-state index contributed by atoms with van der Waals surface area (Å²) in [5.41, 5.74) is 1.90. The standard InChI is InChI=1S/C15H17N5O2/c1-3-16-15(21)20-13-7-5-10-14(19-13)18-11(8-17-10)12-6-4-9(2)22-12/h4-5,7-8,12H,3,6H2,1-2H3,(H2,16,18,19,20,21). The van der Waals surface area contributed by atoms with Crippen LogP contribution in [-0.4, -0.2) is 27.5 Å². The molecule has 2 amide bonds. The number of nitrogens with one attached hydrogen (secondary N) is 2. The number of allylic oxidation sites excluding steroid dienone is 1. The number of amides is 2. The van der Waals surface area contributed by atoms with Gasteiger partial charge in [0, 0.05) is 13.0 Å². The number of fused-ring (bicyclic) bond motifs is 1. The highest BCUT2D eigenvalue weighted by atomic mass is 16.5. The van der Waals surface area contributed by atoms with Crippen molar-refractivity contribution in [1.82, 2.24) is 20.3 Å². The Bertz CT molecular complexity index is 744. The maximum absolute atomic E-state index is 11.5. The van der Waals surface area contributed by atoms with Crippen molar-refractivity contribution < 1.29 is 9.53 Å². The van der Waals surface area contributed by atoms with E-state index in [-0.39, 0.29) is 12.1 Å². The molecule has 0 radical (unpaired) electrons. The average molecular weight is 299 g/mol. The first kappa shape index (κ1) is 14.2. The minimum atomic E-state index is -0.294. The van der Waals surface area contributed by atoms with Crippen molar-refractivity contribution in [1.29, 1.82) is 0 Å². The van der Waals surface area contributed by atoms with E-state index >= 15 is 0 Å². The first-order valence-electron chi connectivity index (χ1n) is 7.17. The van der Waals surface area contributed by atoms with E-state index in [1.807, 2.05) is 19.9 Å². The van der Waals surface area contributed by atoms with Gasteiger partial charge in [-0.05, 0) is 32.1 Å². The number of pyridine rings is 1. The molecule has 2 aromatic rings. The Hall–Kier alpha value is -2.70. The molecule has 3 rings (SSSR count). The molecule has 0 saturated carbocycles. The Morgan fingerprint density at radius 2 is 2.27 bits per heavy atom. The number of aromatic nitrogens is 3. The van der Waals surface area contributed by atoms with Gasteiger partial charge in [-0.15, -0.1) is 0 Å². The fraction of sp³-hybridized carbons (Fsp3) is 0.333. The summed E-state index contributed by atoms with van der Waals surface area (Å²) in [4.78, 5) is 24.7. The lowest BCUT2D eigenvalue weighted by Gasteiger charge is -2.11. The second-order valence-corrected chi connectivity index (χ2v) is 4.98. The van der Waals surface area contributed by atoms with E-state index in [1.54, 1.807) is 18.3 Å². The van der Waals surface area contributed by atoms with Gasteiger partial charge in [0.2, 0.25) is 0 Å². The quantitative estimate of drug-likeness (QED) is 0.909. The van der Waals surface area contributed by atoms with E-state index in [0.717, 1.165) is 17.9 Å². The van der Waals surface area contributed by atoms with Crippen molar-refractivity contribution in [3.05, 3.63) is 35.9 Å². The molecular formula is C15H17N5O2. The van der Waals surface area contributed by atoms with Crippen LogP contribution in [0.25, 0.3) is 11.2 Å². The van der Waals surface area contributed by atoms with Crippen LogP contribution in [0.4, 0.5) is 10.6 Å². The molecule has 1 unspecified atom stereocenters. The van der Waals surface area contributed by atoms with Crippen molar-refractivity contribution in [2.75, 3.05) is 11.9 Å². The molecular weight excluding hydrogens is 282 g/mol. The monoisotopic (exact) mass is 299 g/mol. The Balaban J connectivity index is 1.85. The second kappa shape index (κ2) is 5.97. The van der Waals surface area contributed by atoms with Gasteiger partial charge in [-0.2, -0.15) is 0 Å². The third-order valence-electron chi connectivity index (χ3n) is 3.28. The Kier molecular flexibility index (Phi) is 3.86. The van der Waals surface area contributed by atoms with Crippen molar-refractivity contribution >= 4 is 23.0 Å². The van der Waals surface area contributed by atoms with Crippen LogP contribution in [0.1, 0.15) is 32.1 Å². The zero-order valence-corrected chi connectivity index (χ0v) is 12.5. The summed E-state index contributed by atoms with van der Waals surface area (Å²) in [6.45, 7) is 4.32. The van der Waals surface area contributed by atoms with Crippen LogP contribution in [-0.2, 0) is 4.74 Å². The van der Waals surface area contributed by atoms with Gasteiger partial charge in [-0.25, -0.2) is 14.8 Å². The molecule has 1 aliphatic rings. The van der Waals surface area contributed by atoms with Gasteiger partial charge in [0.1, 0.15) is 23.1 Å². The lowest BCUT2D eigenvalue weighted by molar-refractivity contribution is 0.143. The molecule has 0 aromatic carbocycles. The second-order valence-electron chi connectivity index (χ2n) is 4.98. The molecule has 0 spiro atoms. The van der Waals surface area contributed by atoms with E-state index in [4.69, 9.17) is 4.74 Å². The van der Waals surface area contributed by atoms with Gasteiger partial charge < -0.3 is 10.1 Å². The van der Waals surface area contributed by atoms with E-state index in [2.05, 4.69) is 25.6 Å². The summed E-state index contributed by atoms with van der Waals surface area (Å²) in [5.74, 6) is 1.33. The molecule has 0 bridgehead atoms. The van der Waals surface area contributed by atoms with Gasteiger partial charge in [0.25, 0.3) is 0 Å². The summed E-state index contributed by atoms with van der Waals surface area (Å²) in [7, 11) is 0. The highest BCUT2D eigenvalue weighted by molar-refractivity contribution is 5.89. The topological polar surface area (TPSA) is 89.0 Å². The van der Waals surface area contributed by atoms with Gasteiger partial charge in [-0.1, -0.05) is 0 Å². The number of rotatable bonds is 3. The van der Waals surface area contributed by atoms with Crippen LogP contribution in [0, 0.1) is 0 Å². The fourth-order valence-electron chi connectivity index (χ4n) is 2.23. The third-order valence-corrected chi connectivity index (χ3v) is 3.28. The first-order valence-corrected chi connectivity index (χ1v) is 7.17. The number of nitrogens with zero attached hydrogens (tertiary/aromatic N) is 3. The lowest BCUT2D eigenvalue weighted by Crippen LogP contribution is -2.28. The molecule has 0 saturated heterocycles. The predicted molar refractivity (Wildman–Crippen MR) is 82.2 cm³/mol. The van der Waals surface area contributed by atoms with Crippen molar-refractivity contribution in [3.63, 3.8) is 0 Å². The number of carbonyl (C=O) groups excluding carboxylic acids is 1. The summed E-state index contributed by atoms with van der Waals surface area (Å²) in [5, 5.41) is 5.31. The van der Waals surface area contributed by atoms with Crippen LogP contribution >= 0.6 is 0 Å². The number of hydrogen-bond acceptors (Lipinski definition) is 5. The fourth-order valence-corrected chi connectivity index (χ4v) is 2.23. The van der Waals surface area contributed by atoms with Gasteiger partial charge in [-0.3, -0.25) is 10.3 Å². The zero-order valence-electron chi connectivity index (χ0n) is 12.5. The largest absolute Gasteiger partial charge is 0.489 e. The van der Waals surface area contributed by atoms with Gasteiger partial charge in [0.05, 0.1) is 12.0 Å². The smallest absolute Gasteiger partial charge is 0.320 e.